The van der Waals surface area contributed by atoms with Crippen LogP contribution in [0.15, 0.2) is 69.9 Å². The fourth-order valence-electron chi connectivity index (χ4n) is 5.41. The number of ketones is 1. The number of carboxylic acid groups (broad SMARTS) is 1. The van der Waals surface area contributed by atoms with Crippen LogP contribution in [0.5, 0.6) is 11.5 Å². The largest absolute Gasteiger partial charge is 0.507 e. The zero-order valence-electron chi connectivity index (χ0n) is 26.7. The van der Waals surface area contributed by atoms with Crippen LogP contribution < -0.4 is 20.8 Å². The summed E-state index contributed by atoms with van der Waals surface area (Å²) in [6.45, 7) is 3.59. The van der Waals surface area contributed by atoms with Crippen molar-refractivity contribution in [1.82, 2.24) is 0 Å². The van der Waals surface area contributed by atoms with Gasteiger partial charge in [-0.2, -0.15) is 0 Å². The molecule has 0 amide bonds. The Hall–Kier alpha value is -5.13. The van der Waals surface area contributed by atoms with Gasteiger partial charge in [0.05, 0.1) is 41.7 Å². The summed E-state index contributed by atoms with van der Waals surface area (Å²) in [5, 5.41) is 32.4. The Labute approximate surface area is 281 Å². The van der Waals surface area contributed by atoms with E-state index in [1.165, 1.54) is 44.4 Å². The number of aliphatic hydroxyl groups is 1. The van der Waals surface area contributed by atoms with Gasteiger partial charge in [-0.3, -0.25) is 9.59 Å². The quantitative estimate of drug-likeness (QED) is 0.0715. The van der Waals surface area contributed by atoms with Gasteiger partial charge < -0.3 is 29.2 Å². The Balaban J connectivity index is 1.65. The number of aliphatic hydroxyl groups excluding tert-OH is 1. The first kappa shape index (κ1) is 35.7. The van der Waals surface area contributed by atoms with Gasteiger partial charge in [-0.05, 0) is 55.7 Å². The Bertz CT molecular complexity index is 1990. The van der Waals surface area contributed by atoms with Crippen molar-refractivity contribution in [2.24, 2.45) is 0 Å². The molecular formula is C37H36O10S. The summed E-state index contributed by atoms with van der Waals surface area (Å²) in [5.74, 6) is -3.80. The lowest BCUT2D eigenvalue weighted by molar-refractivity contribution is 0.0599. The molecule has 0 aliphatic heterocycles. The number of rotatable bonds is 14. The average molecular weight is 673 g/mol. The molecule has 0 spiro atoms. The highest BCUT2D eigenvalue weighted by Gasteiger charge is 2.31. The molecule has 3 aromatic rings. The molecule has 1 aliphatic rings. The van der Waals surface area contributed by atoms with E-state index in [2.05, 4.69) is 0 Å². The molecule has 0 radical (unpaired) electrons. The summed E-state index contributed by atoms with van der Waals surface area (Å²) >= 11 is 5.21. The van der Waals surface area contributed by atoms with Crippen molar-refractivity contribution >= 4 is 47.0 Å². The summed E-state index contributed by atoms with van der Waals surface area (Å²) in [6, 6.07) is 9.21. The van der Waals surface area contributed by atoms with Crippen molar-refractivity contribution in [3.63, 3.8) is 0 Å². The predicted molar refractivity (Wildman–Crippen MR) is 183 cm³/mol. The molecule has 250 valence electrons. The van der Waals surface area contributed by atoms with Crippen molar-refractivity contribution in [3.8, 4) is 11.5 Å². The van der Waals surface area contributed by atoms with Crippen molar-refractivity contribution in [1.29, 1.82) is 0 Å². The highest BCUT2D eigenvalue weighted by atomic mass is 32.1. The predicted octanol–water partition coefficient (Wildman–Crippen LogP) is 4.72. The number of phenolic OH excluding ortho intramolecular Hbond substituents is 1. The number of hydrogen-bond donors (Lipinski definition) is 3. The Kier molecular flexibility index (Phi) is 12.0. The third-order valence-electron chi connectivity index (χ3n) is 7.75. The number of methoxy groups -OCH3 is 1. The molecule has 1 heterocycles. The van der Waals surface area contributed by atoms with Gasteiger partial charge in [0, 0.05) is 22.8 Å². The number of carbonyl (C=O) groups excluding carboxylic acids is 2. The Morgan fingerprint density at radius 3 is 2.60 bits per heavy atom. The third-order valence-corrected chi connectivity index (χ3v) is 8.04. The van der Waals surface area contributed by atoms with E-state index in [9.17, 15) is 34.5 Å². The van der Waals surface area contributed by atoms with E-state index >= 15 is 0 Å². The smallest absolute Gasteiger partial charge is 0.372 e. The minimum Gasteiger partial charge on any atom is -0.507 e. The minimum atomic E-state index is -1.50. The number of carbonyl (C=O) groups is 3. The Morgan fingerprint density at radius 2 is 1.92 bits per heavy atom. The van der Waals surface area contributed by atoms with E-state index < -0.39 is 35.1 Å². The molecule has 0 saturated carbocycles. The van der Waals surface area contributed by atoms with Crippen molar-refractivity contribution in [2.75, 3.05) is 13.7 Å². The number of thiocarbonyl (C=S) groups is 1. The maximum atomic E-state index is 13.8. The number of aromatic carboxylic acids is 1. The molecule has 0 bridgehead atoms. The number of allylic oxidation sites excluding steroid dienone is 2. The molecule has 3 N–H and O–H groups in total. The number of esters is 1. The molecule has 0 saturated heterocycles. The zero-order chi connectivity index (χ0) is 35.0. The summed E-state index contributed by atoms with van der Waals surface area (Å²) in [6.07, 6.45) is 10.1. The molecular weight excluding hydrogens is 636 g/mol. The molecule has 48 heavy (non-hydrogen) atoms. The fraction of sp³-hybridized carbons (Fsp3) is 0.270. The normalized spacial score (nSPS) is 13.8. The van der Waals surface area contributed by atoms with Crippen LogP contribution in [-0.2, 0) is 11.2 Å². The number of carboxylic acids is 1. The standard InChI is InChI=1S/C37H36O10S/c1-4-10-26-29(17-16-25(21(2)38)33(26)40)46-18-8-6-5-7-13-28(32(39)22-11-9-12-23(19-22)37(44)45-3)31-34(41)27-15-14-24(48)20-30(27)47-35(31)36(42)43/h5-7,9,11-13,15-17,19-20,28,32,39-40H,4,8,10,14,18H2,1-3H3,(H,42,43)/b6-5-,13-7+/t28-,32-/m1/s1. The molecule has 2 aromatic carbocycles. The SMILES string of the molecule is CCCc1c(OCC/C=C\C=C\[C@H](c2c(C(=O)O)oc3c(c2=O)=CCC(=S)C=3)[C@H](O)c2cccc(C(=O)OC)c2)ccc(C(C)=O)c1O. The molecule has 0 unspecified atom stereocenters. The van der Waals surface area contributed by atoms with Crippen LogP contribution in [0.3, 0.4) is 0 Å². The summed E-state index contributed by atoms with van der Waals surface area (Å²) in [7, 11) is 1.23. The van der Waals surface area contributed by atoms with Gasteiger partial charge in [0.1, 0.15) is 16.9 Å². The van der Waals surface area contributed by atoms with Crippen LogP contribution in [0.25, 0.3) is 12.2 Å². The van der Waals surface area contributed by atoms with E-state index in [4.69, 9.17) is 26.1 Å². The second kappa shape index (κ2) is 16.1. The highest BCUT2D eigenvalue weighted by molar-refractivity contribution is 7.81. The number of fused-ring (bicyclic) bond motifs is 1. The van der Waals surface area contributed by atoms with E-state index in [1.54, 1.807) is 42.5 Å². The monoisotopic (exact) mass is 672 g/mol. The Morgan fingerprint density at radius 1 is 1.15 bits per heavy atom. The van der Waals surface area contributed by atoms with Crippen LogP contribution in [0.2, 0.25) is 0 Å². The third kappa shape index (κ3) is 8.04. The number of ether oxygens (including phenoxy) is 2. The van der Waals surface area contributed by atoms with Crippen molar-refractivity contribution in [3.05, 3.63) is 115 Å². The lowest BCUT2D eigenvalue weighted by Crippen LogP contribution is -2.45. The second-order valence-corrected chi connectivity index (χ2v) is 11.6. The van der Waals surface area contributed by atoms with E-state index in [-0.39, 0.29) is 51.0 Å². The number of Topliss-reactive ketones (excluding diaryl/α,β-unsaturated/α-hetero) is 1. The van der Waals surface area contributed by atoms with E-state index in [1.807, 2.05) is 6.92 Å². The first-order valence-corrected chi connectivity index (χ1v) is 15.7. The maximum Gasteiger partial charge on any atom is 0.372 e. The number of phenols is 1. The van der Waals surface area contributed by atoms with Gasteiger partial charge >= 0.3 is 11.9 Å². The highest BCUT2D eigenvalue weighted by Crippen LogP contribution is 2.34. The van der Waals surface area contributed by atoms with Gasteiger partial charge in [-0.1, -0.05) is 68.1 Å². The van der Waals surface area contributed by atoms with Gasteiger partial charge in [0.15, 0.2) is 11.2 Å². The molecule has 1 aromatic heterocycles. The van der Waals surface area contributed by atoms with E-state index in [0.717, 1.165) is 6.42 Å². The lowest BCUT2D eigenvalue weighted by Gasteiger charge is -2.22. The van der Waals surface area contributed by atoms with Gasteiger partial charge in [0.2, 0.25) is 5.76 Å². The van der Waals surface area contributed by atoms with Gasteiger partial charge in [-0.15, -0.1) is 0 Å². The van der Waals surface area contributed by atoms with Gasteiger partial charge in [-0.25, -0.2) is 9.59 Å². The van der Waals surface area contributed by atoms with Gasteiger partial charge in [0.25, 0.3) is 0 Å². The number of benzene rings is 2. The lowest BCUT2D eigenvalue weighted by atomic mass is 9.86. The molecule has 2 atom stereocenters. The fourth-order valence-corrected chi connectivity index (χ4v) is 5.60. The molecule has 11 heteroatoms. The first-order chi connectivity index (χ1) is 23.0. The van der Waals surface area contributed by atoms with Crippen LogP contribution in [-0.4, -0.2) is 51.6 Å². The number of hydrogen-bond acceptors (Lipinski definition) is 10. The number of aromatic hydroxyl groups is 1. The van der Waals surface area contributed by atoms with E-state index in [0.29, 0.717) is 35.4 Å². The van der Waals surface area contributed by atoms with Crippen LogP contribution in [0.4, 0.5) is 0 Å². The van der Waals surface area contributed by atoms with Crippen LogP contribution in [0.1, 0.15) is 93.1 Å². The van der Waals surface area contributed by atoms with Crippen LogP contribution >= 0.6 is 12.2 Å². The molecule has 0 fully saturated rings. The first-order valence-electron chi connectivity index (χ1n) is 15.3. The second-order valence-electron chi connectivity index (χ2n) is 11.1. The topological polar surface area (TPSA) is 161 Å². The minimum absolute atomic E-state index is 0.0357. The van der Waals surface area contributed by atoms with Crippen molar-refractivity contribution < 1.29 is 43.6 Å². The molecule has 10 nitrogen and oxygen atoms in total. The zero-order valence-corrected chi connectivity index (χ0v) is 27.5. The van der Waals surface area contributed by atoms with Crippen molar-refractivity contribution in [2.45, 2.75) is 51.6 Å². The molecule has 4 rings (SSSR count). The average Bonchev–Trinajstić information content (AvgIpc) is 3.06. The summed E-state index contributed by atoms with van der Waals surface area (Å²) in [4.78, 5) is 50.7. The van der Waals surface area contributed by atoms with Crippen LogP contribution in [0, 0.1) is 0 Å². The summed E-state index contributed by atoms with van der Waals surface area (Å²) < 4.78 is 16.4. The summed E-state index contributed by atoms with van der Waals surface area (Å²) in [5.41, 5.74) is 0.366. The maximum absolute atomic E-state index is 13.8. The molecule has 1 aliphatic carbocycles.